The molecule has 3 aromatic carbocycles. The monoisotopic (exact) mass is 606 g/mol. The highest BCUT2D eigenvalue weighted by Crippen LogP contribution is 2.53. The number of esters is 2. The molecule has 0 aliphatic heterocycles. The molecule has 5 rings (SSSR count). The van der Waals surface area contributed by atoms with E-state index < -0.39 is 23.5 Å². The minimum atomic E-state index is -1.70. The number of carbonyl (C=O) groups is 3. The van der Waals surface area contributed by atoms with Crippen LogP contribution in [0.15, 0.2) is 89.3 Å². The Labute approximate surface area is 263 Å². The lowest BCUT2D eigenvalue weighted by Crippen LogP contribution is -2.45. The van der Waals surface area contributed by atoms with Gasteiger partial charge in [0.2, 0.25) is 0 Å². The number of benzene rings is 3. The minimum Gasteiger partial charge on any atom is -0.468 e. The maximum atomic E-state index is 13.6. The normalized spacial score (nSPS) is 15.5. The average Bonchev–Trinajstić information content (AvgIpc) is 3.44. The van der Waals surface area contributed by atoms with Gasteiger partial charge in [0.15, 0.2) is 5.41 Å². The maximum Gasteiger partial charge on any atom is 0.324 e. The van der Waals surface area contributed by atoms with Gasteiger partial charge in [-0.15, -0.1) is 0 Å². The number of methoxy groups -OCH3 is 3. The lowest BCUT2D eigenvalue weighted by Gasteiger charge is -2.34. The Kier molecular flexibility index (Phi) is 9.49. The van der Waals surface area contributed by atoms with Crippen LogP contribution in [0.2, 0.25) is 0 Å². The third kappa shape index (κ3) is 6.13. The molecule has 1 atom stereocenters. The summed E-state index contributed by atoms with van der Waals surface area (Å²) < 4.78 is 23.5. The molecule has 7 heteroatoms. The van der Waals surface area contributed by atoms with Crippen LogP contribution in [-0.4, -0.2) is 39.1 Å². The van der Waals surface area contributed by atoms with Crippen molar-refractivity contribution < 1.29 is 33.0 Å². The Morgan fingerprint density at radius 2 is 1.40 bits per heavy atom. The van der Waals surface area contributed by atoms with Crippen LogP contribution in [0.5, 0.6) is 0 Å². The van der Waals surface area contributed by atoms with Gasteiger partial charge in [-0.05, 0) is 42.5 Å². The highest BCUT2D eigenvalue weighted by atomic mass is 16.5. The number of ketones is 1. The van der Waals surface area contributed by atoms with Crippen LogP contribution in [0, 0.1) is 12.3 Å². The second-order valence-electron chi connectivity index (χ2n) is 11.5. The van der Waals surface area contributed by atoms with Crippen molar-refractivity contribution in [3.63, 3.8) is 0 Å². The van der Waals surface area contributed by atoms with E-state index in [0.717, 1.165) is 44.5 Å². The fourth-order valence-corrected chi connectivity index (χ4v) is 6.32. The van der Waals surface area contributed by atoms with Gasteiger partial charge in [-0.1, -0.05) is 90.5 Å². The van der Waals surface area contributed by atoms with Crippen LogP contribution in [0.3, 0.4) is 0 Å². The lowest BCUT2D eigenvalue weighted by molar-refractivity contribution is -0.169. The van der Waals surface area contributed by atoms with Gasteiger partial charge in [-0.2, -0.15) is 0 Å². The van der Waals surface area contributed by atoms with Crippen molar-refractivity contribution in [2.45, 2.75) is 45.6 Å². The van der Waals surface area contributed by atoms with Crippen LogP contribution in [0.25, 0.3) is 22.5 Å². The van der Waals surface area contributed by atoms with Crippen molar-refractivity contribution in [3.05, 3.63) is 119 Å². The molecule has 45 heavy (non-hydrogen) atoms. The van der Waals surface area contributed by atoms with Gasteiger partial charge >= 0.3 is 11.9 Å². The largest absolute Gasteiger partial charge is 0.468 e. The van der Waals surface area contributed by atoms with E-state index in [2.05, 4.69) is 0 Å². The van der Waals surface area contributed by atoms with Crippen LogP contribution < -0.4 is 0 Å². The zero-order chi connectivity index (χ0) is 32.1. The lowest BCUT2D eigenvalue weighted by atomic mass is 9.68. The molecule has 7 nitrogen and oxygen atoms in total. The van der Waals surface area contributed by atoms with Gasteiger partial charge in [0.1, 0.15) is 23.4 Å². The summed E-state index contributed by atoms with van der Waals surface area (Å²) >= 11 is 0. The number of hydrogen-bond donors (Lipinski definition) is 0. The number of hydrogen-bond acceptors (Lipinski definition) is 7. The zero-order valence-electron chi connectivity index (χ0n) is 26.3. The predicted octanol–water partition coefficient (Wildman–Crippen LogP) is 7.55. The quantitative estimate of drug-likeness (QED) is 0.136. The molecule has 0 saturated heterocycles. The standard InChI is InChI=1S/C38H38O7/c1-24-16-19-26(20-17-24)29(21-18-25(2)39)30-22-38(36(40)43-4,37(41)44-5)23-31-32(30)33(34(42-3)27-12-8-6-9-13-27)35(45-31)28-14-10-7-11-15-28/h6-17,19-20,34H,18,21-23H2,1-5H3/b30-29+/t34-/m0/s1. The van der Waals surface area contributed by atoms with E-state index in [4.69, 9.17) is 18.6 Å². The number of allylic oxidation sites excluding steroid dienone is 2. The summed E-state index contributed by atoms with van der Waals surface area (Å²) in [5.74, 6) is -0.365. The van der Waals surface area contributed by atoms with Crippen molar-refractivity contribution in [2.75, 3.05) is 21.3 Å². The molecular weight excluding hydrogens is 568 g/mol. The number of carbonyl (C=O) groups excluding carboxylic acids is 3. The summed E-state index contributed by atoms with van der Waals surface area (Å²) in [7, 11) is 4.19. The van der Waals surface area contributed by atoms with E-state index in [9.17, 15) is 14.4 Å². The third-order valence-electron chi connectivity index (χ3n) is 8.54. The number of rotatable bonds is 10. The first-order valence-electron chi connectivity index (χ1n) is 15.0. The summed E-state index contributed by atoms with van der Waals surface area (Å²) in [5, 5.41) is 0. The molecule has 0 saturated carbocycles. The second-order valence-corrected chi connectivity index (χ2v) is 11.5. The van der Waals surface area contributed by atoms with E-state index >= 15 is 0 Å². The number of fused-ring (bicyclic) bond motifs is 1. The molecule has 232 valence electrons. The Hall–Kier alpha value is -4.75. The van der Waals surface area contributed by atoms with Gasteiger partial charge in [-0.3, -0.25) is 9.59 Å². The fraction of sp³-hybridized carbons (Fsp3) is 0.289. The number of ether oxygens (including phenoxy) is 3. The molecule has 1 aliphatic carbocycles. The summed E-state index contributed by atoms with van der Waals surface area (Å²) in [5.41, 5.74) is 5.12. The van der Waals surface area contributed by atoms with Crippen LogP contribution >= 0.6 is 0 Å². The summed E-state index contributed by atoms with van der Waals surface area (Å²) in [6, 6.07) is 27.6. The van der Waals surface area contributed by atoms with E-state index in [0.29, 0.717) is 17.9 Å². The summed E-state index contributed by atoms with van der Waals surface area (Å²) in [6.45, 7) is 3.57. The van der Waals surface area contributed by atoms with Crippen molar-refractivity contribution in [1.82, 2.24) is 0 Å². The van der Waals surface area contributed by atoms with E-state index in [-0.39, 0.29) is 25.0 Å². The maximum absolute atomic E-state index is 13.6. The van der Waals surface area contributed by atoms with E-state index in [1.165, 1.54) is 14.2 Å². The first kappa shape index (κ1) is 31.7. The first-order chi connectivity index (χ1) is 21.7. The summed E-state index contributed by atoms with van der Waals surface area (Å²) in [4.78, 5) is 39.6. The molecular formula is C38H38O7. The fourth-order valence-electron chi connectivity index (χ4n) is 6.32. The molecule has 1 heterocycles. The Balaban J connectivity index is 1.93. The average molecular weight is 607 g/mol. The van der Waals surface area contributed by atoms with Crippen molar-refractivity contribution in [2.24, 2.45) is 5.41 Å². The number of aryl methyl sites for hydroxylation is 1. The van der Waals surface area contributed by atoms with Crippen LogP contribution in [0.4, 0.5) is 0 Å². The molecule has 1 aliphatic rings. The molecule has 0 bridgehead atoms. The highest BCUT2D eigenvalue weighted by molar-refractivity contribution is 6.06. The van der Waals surface area contributed by atoms with Gasteiger partial charge in [0.05, 0.1) is 14.2 Å². The Bertz CT molecular complexity index is 1700. The topological polar surface area (TPSA) is 92.0 Å². The number of Topliss-reactive ketones (excluding diaryl/α,β-unsaturated/α-hetero) is 1. The van der Waals surface area contributed by atoms with E-state index in [1.807, 2.05) is 91.9 Å². The van der Waals surface area contributed by atoms with Gasteiger partial charge < -0.3 is 23.4 Å². The molecule has 0 unspecified atom stereocenters. The summed E-state index contributed by atoms with van der Waals surface area (Å²) in [6.07, 6.45) is 0.0484. The second kappa shape index (κ2) is 13.5. The smallest absolute Gasteiger partial charge is 0.324 e. The Morgan fingerprint density at radius 1 is 0.800 bits per heavy atom. The first-order valence-corrected chi connectivity index (χ1v) is 15.0. The minimum absolute atomic E-state index is 0.00749. The highest BCUT2D eigenvalue weighted by Gasteiger charge is 2.54. The van der Waals surface area contributed by atoms with Gasteiger partial charge in [0, 0.05) is 43.1 Å². The van der Waals surface area contributed by atoms with Gasteiger partial charge in [0.25, 0.3) is 0 Å². The molecule has 0 fully saturated rings. The Morgan fingerprint density at radius 3 is 1.96 bits per heavy atom. The molecule has 0 N–H and O–H groups in total. The molecule has 0 spiro atoms. The molecule has 0 amide bonds. The molecule has 1 aromatic heterocycles. The molecule has 0 radical (unpaired) electrons. The van der Waals surface area contributed by atoms with E-state index in [1.54, 1.807) is 14.0 Å². The predicted molar refractivity (Wildman–Crippen MR) is 172 cm³/mol. The van der Waals surface area contributed by atoms with Crippen molar-refractivity contribution >= 4 is 28.9 Å². The van der Waals surface area contributed by atoms with Crippen LogP contribution in [-0.2, 0) is 35.0 Å². The zero-order valence-corrected chi connectivity index (χ0v) is 26.3. The van der Waals surface area contributed by atoms with Crippen molar-refractivity contribution in [1.29, 1.82) is 0 Å². The van der Waals surface area contributed by atoms with Crippen LogP contribution in [0.1, 0.15) is 65.9 Å². The number of furan rings is 1. The molecule has 4 aromatic rings. The van der Waals surface area contributed by atoms with Gasteiger partial charge in [-0.25, -0.2) is 0 Å². The SMILES string of the molecule is COC(=O)C1(C(=O)OC)C/C(=C(/CCC(C)=O)c2ccc(C)cc2)c2c(oc(-c3ccccc3)c2[C@@H](OC)c2ccccc2)C1. The van der Waals surface area contributed by atoms with Crippen molar-refractivity contribution in [3.8, 4) is 11.3 Å². The third-order valence-corrected chi connectivity index (χ3v) is 8.54.